The van der Waals surface area contributed by atoms with E-state index in [2.05, 4.69) is 37.7 Å². The number of likely N-dealkylation sites (tertiary alicyclic amines) is 2. The lowest BCUT2D eigenvalue weighted by Gasteiger charge is -2.35. The minimum Gasteiger partial charge on any atom is -0.464 e. The van der Waals surface area contributed by atoms with Gasteiger partial charge in [-0.3, -0.25) is 0 Å². The van der Waals surface area contributed by atoms with Crippen LogP contribution in [-0.4, -0.2) is 78.4 Å². The van der Waals surface area contributed by atoms with E-state index >= 15 is 0 Å². The Hall–Kier alpha value is -3.43. The molecule has 2 unspecified atom stereocenters. The highest BCUT2D eigenvalue weighted by atomic mass is 16.6. The van der Waals surface area contributed by atoms with Crippen molar-refractivity contribution in [2.45, 2.75) is 76.0 Å². The van der Waals surface area contributed by atoms with Crippen LogP contribution in [-0.2, 0) is 10.8 Å². The summed E-state index contributed by atoms with van der Waals surface area (Å²) in [6, 6.07) is 14.4. The first kappa shape index (κ1) is 31.5. The molecule has 1 N–H and O–H groups in total. The van der Waals surface area contributed by atoms with Crippen LogP contribution in [0, 0.1) is 0 Å². The number of hydrogen-bond donors (Lipinski definition) is 1. The van der Waals surface area contributed by atoms with Crippen LogP contribution in [0.5, 0.6) is 11.5 Å². The number of amides is 3. The molecule has 2 heterocycles. The van der Waals surface area contributed by atoms with E-state index in [1.807, 2.05) is 12.1 Å². The quantitative estimate of drug-likeness (QED) is 0.395. The van der Waals surface area contributed by atoms with Crippen LogP contribution >= 0.6 is 0 Å². The lowest BCUT2D eigenvalue weighted by Crippen LogP contribution is -2.44. The van der Waals surface area contributed by atoms with Gasteiger partial charge in [0.1, 0.15) is 11.5 Å². The van der Waals surface area contributed by atoms with Crippen molar-refractivity contribution in [3.8, 4) is 11.5 Å². The van der Waals surface area contributed by atoms with Crippen molar-refractivity contribution in [1.82, 2.24) is 14.7 Å². The summed E-state index contributed by atoms with van der Waals surface area (Å²) in [6.07, 6.45) is 3.84. The average molecular weight is 580 g/mol. The zero-order chi connectivity index (χ0) is 30.3. The highest BCUT2D eigenvalue weighted by Gasteiger charge is 2.36. The van der Waals surface area contributed by atoms with E-state index in [4.69, 9.17) is 9.47 Å². The Labute approximate surface area is 249 Å². The van der Waals surface area contributed by atoms with Crippen molar-refractivity contribution >= 4 is 18.3 Å². The maximum atomic E-state index is 13.0. The van der Waals surface area contributed by atoms with Gasteiger partial charge in [-0.15, -0.1) is 4.90 Å². The summed E-state index contributed by atoms with van der Waals surface area (Å²) in [7, 11) is 4.23. The van der Waals surface area contributed by atoms with E-state index in [1.54, 1.807) is 36.4 Å². The van der Waals surface area contributed by atoms with E-state index in [0.29, 0.717) is 0 Å². The standard InChI is InChI=1S/C33H45N3O6/c1-5-32(17-7-9-19-34(3)23-32)25-13-11-15-27(21-25)41-30(39)36(29(37)38)31(40)42-28-16-12-14-26(22-28)33(6-2)18-8-10-20-35(4)24-33/h11-16,21-22H,5-10,17-20,23-24H2,1-4H3,(H,37,38). The van der Waals surface area contributed by atoms with E-state index in [9.17, 15) is 19.5 Å². The largest absolute Gasteiger partial charge is 0.464 e. The maximum Gasteiger partial charge on any atom is 0.434 e. The van der Waals surface area contributed by atoms with Gasteiger partial charge in [-0.1, -0.05) is 51.0 Å². The molecule has 2 fully saturated rings. The van der Waals surface area contributed by atoms with Gasteiger partial charge in [-0.05, 0) is 101 Å². The fraction of sp³-hybridized carbons (Fsp3) is 0.545. The number of benzene rings is 2. The number of hydrogen-bond acceptors (Lipinski definition) is 7. The number of imide groups is 3. The molecule has 0 spiro atoms. The fourth-order valence-electron chi connectivity index (χ4n) is 6.80. The molecule has 3 amide bonds. The normalized spacial score (nSPS) is 23.8. The molecule has 2 aliphatic heterocycles. The van der Waals surface area contributed by atoms with Gasteiger partial charge in [0.25, 0.3) is 0 Å². The first-order chi connectivity index (χ1) is 20.1. The summed E-state index contributed by atoms with van der Waals surface area (Å²) in [4.78, 5) is 42.7. The Kier molecular flexibility index (Phi) is 10.3. The van der Waals surface area contributed by atoms with Crippen molar-refractivity contribution in [3.63, 3.8) is 0 Å². The molecule has 0 bridgehead atoms. The Morgan fingerprint density at radius 3 is 1.57 bits per heavy atom. The monoisotopic (exact) mass is 579 g/mol. The lowest BCUT2D eigenvalue weighted by atomic mass is 9.74. The number of carbonyl (C=O) groups excluding carboxylic acids is 2. The summed E-state index contributed by atoms with van der Waals surface area (Å²) >= 11 is 0. The van der Waals surface area contributed by atoms with Gasteiger partial charge in [0.05, 0.1) is 0 Å². The Bertz CT molecular complexity index is 1180. The predicted molar refractivity (Wildman–Crippen MR) is 161 cm³/mol. The van der Waals surface area contributed by atoms with Crippen molar-refractivity contribution in [3.05, 3.63) is 59.7 Å². The number of ether oxygens (including phenoxy) is 2. The number of carbonyl (C=O) groups is 3. The van der Waals surface area contributed by atoms with Crippen LogP contribution in [0.3, 0.4) is 0 Å². The summed E-state index contributed by atoms with van der Waals surface area (Å²) < 4.78 is 10.9. The van der Waals surface area contributed by atoms with Crippen LogP contribution in [0.4, 0.5) is 14.4 Å². The molecule has 2 atom stereocenters. The molecule has 0 saturated carbocycles. The smallest absolute Gasteiger partial charge is 0.434 e. The molecule has 2 aromatic rings. The average Bonchev–Trinajstić information content (AvgIpc) is 3.29. The number of carboxylic acid groups (broad SMARTS) is 1. The molecule has 9 heteroatoms. The fourth-order valence-corrected chi connectivity index (χ4v) is 6.80. The zero-order valence-corrected chi connectivity index (χ0v) is 25.4. The van der Waals surface area contributed by atoms with E-state index in [-0.39, 0.29) is 27.2 Å². The second-order valence-electron chi connectivity index (χ2n) is 12.1. The van der Waals surface area contributed by atoms with Gasteiger partial charge in [0, 0.05) is 23.9 Å². The molecule has 0 aliphatic carbocycles. The third-order valence-electron chi connectivity index (χ3n) is 9.25. The van der Waals surface area contributed by atoms with E-state index < -0.39 is 18.3 Å². The summed E-state index contributed by atoms with van der Waals surface area (Å²) in [5.74, 6) is 0.362. The Balaban J connectivity index is 1.51. The minimum absolute atomic E-state index is 0.0244. The molecule has 42 heavy (non-hydrogen) atoms. The molecule has 2 saturated heterocycles. The number of nitrogens with zero attached hydrogens (tertiary/aromatic N) is 3. The first-order valence-electron chi connectivity index (χ1n) is 15.2. The van der Waals surface area contributed by atoms with Gasteiger partial charge < -0.3 is 24.4 Å². The lowest BCUT2D eigenvalue weighted by molar-refractivity contribution is 0.116. The number of rotatable bonds is 6. The molecule has 2 aliphatic rings. The van der Waals surface area contributed by atoms with Crippen LogP contribution in [0.25, 0.3) is 0 Å². The van der Waals surface area contributed by atoms with Gasteiger partial charge in [-0.25, -0.2) is 14.4 Å². The molecule has 2 aromatic carbocycles. The molecular weight excluding hydrogens is 534 g/mol. The van der Waals surface area contributed by atoms with Crippen LogP contribution in [0.2, 0.25) is 0 Å². The number of likely N-dealkylation sites (N-methyl/N-ethyl adjacent to an activating group) is 2. The van der Waals surface area contributed by atoms with Crippen molar-refractivity contribution in [2.24, 2.45) is 0 Å². The molecule has 4 rings (SSSR count). The minimum atomic E-state index is -1.77. The molecule has 228 valence electrons. The second-order valence-corrected chi connectivity index (χ2v) is 12.1. The third-order valence-corrected chi connectivity index (χ3v) is 9.25. The van der Waals surface area contributed by atoms with E-state index in [1.165, 1.54) is 0 Å². The molecular formula is C33H45N3O6. The Morgan fingerprint density at radius 1 is 0.762 bits per heavy atom. The van der Waals surface area contributed by atoms with E-state index in [0.717, 1.165) is 88.7 Å². The van der Waals surface area contributed by atoms with Crippen LogP contribution in [0.1, 0.15) is 76.3 Å². The summed E-state index contributed by atoms with van der Waals surface area (Å²) in [5, 5.41) is 9.78. The SMILES string of the molecule is CCC1(c2cccc(OC(=O)N(C(=O)O)C(=O)Oc3cccc(C4(CC)CCCCN(C)C4)c3)c2)CCCCN(C)C1. The predicted octanol–water partition coefficient (Wildman–Crippen LogP) is 6.89. The second kappa shape index (κ2) is 13.7. The summed E-state index contributed by atoms with van der Waals surface area (Å²) in [6.45, 7) is 8.14. The highest BCUT2D eigenvalue weighted by molar-refractivity contribution is 6.04. The van der Waals surface area contributed by atoms with Gasteiger partial charge >= 0.3 is 18.3 Å². The van der Waals surface area contributed by atoms with Gasteiger partial charge in [0.15, 0.2) is 0 Å². The maximum absolute atomic E-state index is 13.0. The van der Waals surface area contributed by atoms with Crippen LogP contribution < -0.4 is 9.47 Å². The zero-order valence-electron chi connectivity index (χ0n) is 25.4. The first-order valence-corrected chi connectivity index (χ1v) is 15.2. The molecule has 0 radical (unpaired) electrons. The molecule has 0 aromatic heterocycles. The van der Waals surface area contributed by atoms with Crippen molar-refractivity contribution in [2.75, 3.05) is 40.3 Å². The topological polar surface area (TPSA) is 99.6 Å². The van der Waals surface area contributed by atoms with Crippen molar-refractivity contribution in [1.29, 1.82) is 0 Å². The van der Waals surface area contributed by atoms with Gasteiger partial charge in [0.2, 0.25) is 0 Å². The van der Waals surface area contributed by atoms with Gasteiger partial charge in [-0.2, -0.15) is 0 Å². The van der Waals surface area contributed by atoms with Crippen LogP contribution in [0.15, 0.2) is 48.5 Å². The molecule has 9 nitrogen and oxygen atoms in total. The third kappa shape index (κ3) is 7.13. The Morgan fingerprint density at radius 2 is 1.19 bits per heavy atom. The highest BCUT2D eigenvalue weighted by Crippen LogP contribution is 2.39. The summed E-state index contributed by atoms with van der Waals surface area (Å²) in [5.41, 5.74) is 1.84. The van der Waals surface area contributed by atoms with Crippen molar-refractivity contribution < 1.29 is 29.0 Å².